The van der Waals surface area contributed by atoms with Crippen LogP contribution in [-0.2, 0) is 0 Å². The molecule has 1 heterocycles. The number of hydrogen-bond donors (Lipinski definition) is 1. The largest absolute Gasteiger partial charge is 0.368 e. The molecule has 8 heavy (non-hydrogen) atoms. The first kappa shape index (κ1) is 8.08. The van der Waals surface area contributed by atoms with Gasteiger partial charge in [-0.2, -0.15) is 0 Å². The predicted octanol–water partition coefficient (Wildman–Crippen LogP) is 1.80. The molecule has 0 aliphatic rings. The summed E-state index contributed by atoms with van der Waals surface area (Å²) in [6, 6.07) is 3.89. The molecule has 1 nitrogen and oxygen atoms in total. The van der Waals surface area contributed by atoms with Crippen LogP contribution in [0.3, 0.4) is 0 Å². The second-order valence-corrected chi connectivity index (χ2v) is 4.24. The van der Waals surface area contributed by atoms with Gasteiger partial charge in [0, 0.05) is 12.4 Å². The Balaban J connectivity index is 0.000000145. The van der Waals surface area contributed by atoms with Crippen LogP contribution in [0.15, 0.2) is 24.5 Å². The summed E-state index contributed by atoms with van der Waals surface area (Å²) in [5, 5.41) is 0. The van der Waals surface area contributed by atoms with E-state index in [1.807, 2.05) is 24.5 Å². The standard InChI is InChI=1S/C4H5N.2CH3.Sn/c1-2-4-5-3-1;;;/h1-5H;2*1H3;. The number of aromatic amines is 1. The Hall–Kier alpha value is 0.0787. The maximum absolute atomic E-state index is 2.86. The summed E-state index contributed by atoms with van der Waals surface area (Å²) < 4.78 is 0. The van der Waals surface area contributed by atoms with Crippen molar-refractivity contribution in [1.29, 1.82) is 0 Å². The van der Waals surface area contributed by atoms with Crippen molar-refractivity contribution < 1.29 is 0 Å². The quantitative estimate of drug-likeness (QED) is 0.636. The fourth-order valence-corrected chi connectivity index (χ4v) is 0.278. The smallest absolute Gasteiger partial charge is 0.000496 e. The van der Waals surface area contributed by atoms with E-state index >= 15 is 0 Å². The van der Waals surface area contributed by atoms with Gasteiger partial charge >= 0.3 is 31.0 Å². The van der Waals surface area contributed by atoms with Crippen molar-refractivity contribution in [1.82, 2.24) is 4.98 Å². The molecule has 1 N–H and O–H groups in total. The van der Waals surface area contributed by atoms with E-state index in [1.54, 1.807) is 0 Å². The number of H-pyrrole nitrogens is 1. The van der Waals surface area contributed by atoms with Crippen LogP contribution in [0.1, 0.15) is 0 Å². The molecule has 0 unspecified atom stereocenters. The van der Waals surface area contributed by atoms with Gasteiger partial charge in [0.15, 0.2) is 0 Å². The minimum absolute atomic E-state index is 0.230. The molecule has 44 valence electrons. The summed E-state index contributed by atoms with van der Waals surface area (Å²) in [4.78, 5) is 7.45. The minimum atomic E-state index is 0.230. The number of aromatic nitrogens is 1. The third-order valence-corrected chi connectivity index (χ3v) is 0.496. The van der Waals surface area contributed by atoms with Crippen LogP contribution in [0.2, 0.25) is 9.88 Å². The first-order chi connectivity index (χ1) is 3.91. The molecule has 2 radical (unpaired) electrons. The van der Waals surface area contributed by atoms with E-state index in [9.17, 15) is 0 Å². The van der Waals surface area contributed by atoms with Gasteiger partial charge in [0.05, 0.1) is 0 Å². The molecule has 0 aromatic carbocycles. The summed E-state index contributed by atoms with van der Waals surface area (Å²) in [5.41, 5.74) is 0. The van der Waals surface area contributed by atoms with E-state index in [0.717, 1.165) is 0 Å². The molecule has 0 aliphatic carbocycles. The maximum atomic E-state index is 2.86. The average molecular weight is 216 g/mol. The number of nitrogens with one attached hydrogen (secondary N) is 1. The topological polar surface area (TPSA) is 15.8 Å². The van der Waals surface area contributed by atoms with Crippen LogP contribution in [0.4, 0.5) is 0 Å². The first-order valence-electron chi connectivity index (χ1n) is 2.58. The van der Waals surface area contributed by atoms with Crippen LogP contribution in [0.25, 0.3) is 0 Å². The molecular formula is C6H11NSn. The molecule has 0 amide bonds. The van der Waals surface area contributed by atoms with Crippen LogP contribution in [-0.4, -0.2) is 26.1 Å². The van der Waals surface area contributed by atoms with E-state index in [1.165, 1.54) is 0 Å². The van der Waals surface area contributed by atoms with Gasteiger partial charge in [0.25, 0.3) is 0 Å². The van der Waals surface area contributed by atoms with E-state index in [0.29, 0.717) is 0 Å². The zero-order chi connectivity index (χ0) is 6.24. The van der Waals surface area contributed by atoms with Gasteiger partial charge in [-0.25, -0.2) is 0 Å². The predicted molar refractivity (Wildman–Crippen MR) is 38.3 cm³/mol. The van der Waals surface area contributed by atoms with Crippen LogP contribution < -0.4 is 0 Å². The summed E-state index contributed by atoms with van der Waals surface area (Å²) in [7, 11) is 0. The van der Waals surface area contributed by atoms with Crippen molar-refractivity contribution in [3.63, 3.8) is 0 Å². The SMILES string of the molecule is [CH3][Sn][CH3].c1cc[nH]c1. The Morgan fingerprint density at radius 3 is 1.62 bits per heavy atom. The monoisotopic (exact) mass is 217 g/mol. The van der Waals surface area contributed by atoms with Gasteiger partial charge in [-0.3, -0.25) is 0 Å². The van der Waals surface area contributed by atoms with Crippen molar-refractivity contribution >= 4 is 21.1 Å². The fourth-order valence-electron chi connectivity index (χ4n) is 0.278. The zero-order valence-corrected chi connectivity index (χ0v) is 8.16. The molecular weight excluding hydrogens is 205 g/mol. The minimum Gasteiger partial charge on any atom is -0.368 e. The van der Waals surface area contributed by atoms with Crippen LogP contribution in [0, 0.1) is 0 Å². The third-order valence-electron chi connectivity index (χ3n) is 0.496. The molecule has 0 atom stereocenters. The Morgan fingerprint density at radius 1 is 1.12 bits per heavy atom. The molecule has 0 spiro atoms. The van der Waals surface area contributed by atoms with Gasteiger partial charge < -0.3 is 4.98 Å². The van der Waals surface area contributed by atoms with E-state index in [4.69, 9.17) is 0 Å². The first-order valence-corrected chi connectivity index (χ1v) is 8.29. The van der Waals surface area contributed by atoms with E-state index in [2.05, 4.69) is 14.9 Å². The molecule has 1 aromatic heterocycles. The van der Waals surface area contributed by atoms with Gasteiger partial charge in [-0.1, -0.05) is 0 Å². The maximum Gasteiger partial charge on any atom is 0.000496 e. The van der Waals surface area contributed by atoms with Crippen molar-refractivity contribution in [2.24, 2.45) is 0 Å². The van der Waals surface area contributed by atoms with Crippen molar-refractivity contribution in [3.8, 4) is 0 Å². The molecule has 1 rings (SSSR count). The second-order valence-electron chi connectivity index (χ2n) is 1.38. The molecule has 0 aliphatic heterocycles. The summed E-state index contributed by atoms with van der Waals surface area (Å²) in [5.74, 6) is 0. The number of hydrogen-bond acceptors (Lipinski definition) is 0. The molecule has 0 fully saturated rings. The van der Waals surface area contributed by atoms with Crippen LogP contribution in [0.5, 0.6) is 0 Å². The second kappa shape index (κ2) is 7.08. The average Bonchev–Trinajstić information content (AvgIpc) is 2.17. The van der Waals surface area contributed by atoms with E-state index < -0.39 is 0 Å². The normalized spacial score (nSPS) is 7.25. The van der Waals surface area contributed by atoms with Gasteiger partial charge in [-0.15, -0.1) is 0 Å². The summed E-state index contributed by atoms with van der Waals surface area (Å²) in [6.45, 7) is 0. The Labute approximate surface area is 60.7 Å². The zero-order valence-electron chi connectivity index (χ0n) is 5.31. The summed E-state index contributed by atoms with van der Waals surface area (Å²) >= 11 is 0.230. The Bertz CT molecular complexity index is 75.4. The van der Waals surface area contributed by atoms with E-state index in [-0.39, 0.29) is 21.1 Å². The van der Waals surface area contributed by atoms with Crippen molar-refractivity contribution in [2.75, 3.05) is 0 Å². The number of rotatable bonds is 0. The molecule has 2 heteroatoms. The molecule has 1 aromatic rings. The van der Waals surface area contributed by atoms with Crippen molar-refractivity contribution in [3.05, 3.63) is 24.5 Å². The van der Waals surface area contributed by atoms with Gasteiger partial charge in [-0.05, 0) is 12.1 Å². The summed E-state index contributed by atoms with van der Waals surface area (Å²) in [6.07, 6.45) is 3.75. The molecule has 0 saturated heterocycles. The van der Waals surface area contributed by atoms with Gasteiger partial charge in [0.2, 0.25) is 0 Å². The molecule has 0 saturated carbocycles. The Morgan fingerprint density at radius 2 is 1.50 bits per heavy atom. The van der Waals surface area contributed by atoms with Crippen molar-refractivity contribution in [2.45, 2.75) is 9.88 Å². The molecule has 0 bridgehead atoms. The fraction of sp³-hybridized carbons (Fsp3) is 0.333. The van der Waals surface area contributed by atoms with Crippen LogP contribution >= 0.6 is 0 Å². The van der Waals surface area contributed by atoms with Gasteiger partial charge in [0.1, 0.15) is 0 Å². The third kappa shape index (κ3) is 6.08. The Kier molecular flexibility index (Phi) is 7.15.